The molecule has 1 aromatic carbocycles. The van der Waals surface area contributed by atoms with Crippen LogP contribution in [0.2, 0.25) is 0 Å². The Labute approximate surface area is 106 Å². The largest absolute Gasteiger partial charge is 0.491 e. The van der Waals surface area contributed by atoms with Gasteiger partial charge in [0.1, 0.15) is 12.4 Å². The third kappa shape index (κ3) is 2.34. The number of esters is 1. The van der Waals surface area contributed by atoms with E-state index in [2.05, 4.69) is 0 Å². The predicted molar refractivity (Wildman–Crippen MR) is 64.9 cm³/mol. The van der Waals surface area contributed by atoms with E-state index >= 15 is 0 Å². The molecule has 0 radical (unpaired) electrons. The molecule has 2 aliphatic rings. The van der Waals surface area contributed by atoms with Gasteiger partial charge < -0.3 is 14.2 Å². The maximum absolute atomic E-state index is 11.5. The molecule has 96 valence electrons. The van der Waals surface area contributed by atoms with Gasteiger partial charge in [0.2, 0.25) is 0 Å². The normalized spacial score (nSPS) is 22.4. The Hall–Kier alpha value is -1.55. The van der Waals surface area contributed by atoms with Gasteiger partial charge in [0.05, 0.1) is 18.3 Å². The number of ether oxygens (including phenoxy) is 3. The fraction of sp³-hybridized carbons (Fsp3) is 0.500. The van der Waals surface area contributed by atoms with Gasteiger partial charge in [-0.05, 0) is 36.6 Å². The second-order valence-electron chi connectivity index (χ2n) is 4.65. The average molecular weight is 248 g/mol. The van der Waals surface area contributed by atoms with Crippen LogP contribution in [0.1, 0.15) is 28.8 Å². The first-order valence-corrected chi connectivity index (χ1v) is 6.37. The minimum absolute atomic E-state index is 0.214. The third-order valence-corrected chi connectivity index (χ3v) is 3.36. The summed E-state index contributed by atoms with van der Waals surface area (Å²) in [5.41, 5.74) is 1.67. The van der Waals surface area contributed by atoms with Crippen LogP contribution in [-0.4, -0.2) is 31.9 Å². The highest BCUT2D eigenvalue weighted by Crippen LogP contribution is 2.23. The van der Waals surface area contributed by atoms with Crippen LogP contribution in [0.5, 0.6) is 5.75 Å². The molecule has 4 nitrogen and oxygen atoms in total. The van der Waals surface area contributed by atoms with Gasteiger partial charge in [-0.2, -0.15) is 0 Å². The quantitative estimate of drug-likeness (QED) is 0.767. The van der Waals surface area contributed by atoms with E-state index in [1.165, 1.54) is 0 Å². The van der Waals surface area contributed by atoms with Crippen LogP contribution >= 0.6 is 0 Å². The predicted octanol–water partition coefficient (Wildman–Crippen LogP) is 1.96. The number of fused-ring (bicyclic) bond motifs is 1. The standard InChI is InChI=1S/C14H16O4/c15-14-13-4-3-11(8-10(13)5-7-17-14)18-9-12-2-1-6-16-12/h3-4,8,12H,1-2,5-7,9H2. The molecule has 2 heterocycles. The molecule has 18 heavy (non-hydrogen) atoms. The van der Waals surface area contributed by atoms with E-state index in [1.807, 2.05) is 12.1 Å². The topological polar surface area (TPSA) is 44.8 Å². The first kappa shape index (κ1) is 11.5. The lowest BCUT2D eigenvalue weighted by molar-refractivity contribution is 0.0479. The number of rotatable bonds is 3. The molecule has 2 aliphatic heterocycles. The molecule has 0 N–H and O–H groups in total. The molecule has 0 bridgehead atoms. The van der Waals surface area contributed by atoms with Crippen LogP contribution < -0.4 is 4.74 Å². The molecule has 3 rings (SSSR count). The van der Waals surface area contributed by atoms with E-state index in [1.54, 1.807) is 6.07 Å². The average Bonchev–Trinajstić information content (AvgIpc) is 2.90. The third-order valence-electron chi connectivity index (χ3n) is 3.36. The molecule has 0 amide bonds. The number of benzene rings is 1. The number of hydrogen-bond acceptors (Lipinski definition) is 4. The van der Waals surface area contributed by atoms with Gasteiger partial charge in [-0.3, -0.25) is 0 Å². The maximum Gasteiger partial charge on any atom is 0.338 e. The Kier molecular flexibility index (Phi) is 3.19. The molecule has 1 fully saturated rings. The maximum atomic E-state index is 11.5. The summed E-state index contributed by atoms with van der Waals surface area (Å²) in [4.78, 5) is 11.5. The minimum atomic E-state index is -0.234. The summed E-state index contributed by atoms with van der Waals surface area (Å²) in [5, 5.41) is 0. The van der Waals surface area contributed by atoms with Crippen molar-refractivity contribution in [3.8, 4) is 5.75 Å². The van der Waals surface area contributed by atoms with E-state index in [0.29, 0.717) is 18.8 Å². The minimum Gasteiger partial charge on any atom is -0.491 e. The first-order valence-electron chi connectivity index (χ1n) is 6.37. The van der Waals surface area contributed by atoms with E-state index in [-0.39, 0.29) is 12.1 Å². The Balaban J connectivity index is 1.67. The molecule has 1 aromatic rings. The van der Waals surface area contributed by atoms with E-state index in [0.717, 1.165) is 37.2 Å². The van der Waals surface area contributed by atoms with Gasteiger partial charge >= 0.3 is 5.97 Å². The van der Waals surface area contributed by atoms with Crippen LogP contribution in [0, 0.1) is 0 Å². The number of carbonyl (C=O) groups is 1. The lowest BCUT2D eigenvalue weighted by atomic mass is 10.0. The molecule has 4 heteroatoms. The Morgan fingerprint density at radius 1 is 1.33 bits per heavy atom. The van der Waals surface area contributed by atoms with Gasteiger partial charge in [-0.1, -0.05) is 0 Å². The van der Waals surface area contributed by atoms with Crippen LogP contribution in [0.4, 0.5) is 0 Å². The smallest absolute Gasteiger partial charge is 0.338 e. The Bertz CT molecular complexity index is 449. The Morgan fingerprint density at radius 3 is 3.11 bits per heavy atom. The molecular weight excluding hydrogens is 232 g/mol. The highest BCUT2D eigenvalue weighted by molar-refractivity contribution is 5.92. The van der Waals surface area contributed by atoms with E-state index in [4.69, 9.17) is 14.2 Å². The molecular formula is C14H16O4. The second-order valence-corrected chi connectivity index (χ2v) is 4.65. The van der Waals surface area contributed by atoms with Crippen molar-refractivity contribution < 1.29 is 19.0 Å². The zero-order valence-electron chi connectivity index (χ0n) is 10.2. The van der Waals surface area contributed by atoms with Crippen molar-refractivity contribution in [3.05, 3.63) is 29.3 Å². The van der Waals surface area contributed by atoms with Crippen LogP contribution in [0.3, 0.4) is 0 Å². The number of hydrogen-bond donors (Lipinski definition) is 0. The highest BCUT2D eigenvalue weighted by Gasteiger charge is 2.20. The molecule has 0 saturated carbocycles. The van der Waals surface area contributed by atoms with Crippen molar-refractivity contribution in [2.24, 2.45) is 0 Å². The van der Waals surface area contributed by atoms with E-state index in [9.17, 15) is 4.79 Å². The monoisotopic (exact) mass is 248 g/mol. The van der Waals surface area contributed by atoms with Crippen LogP contribution in [0.15, 0.2) is 18.2 Å². The molecule has 0 aliphatic carbocycles. The second kappa shape index (κ2) is 4.98. The first-order chi connectivity index (χ1) is 8.83. The molecule has 0 spiro atoms. The molecule has 0 aromatic heterocycles. The Morgan fingerprint density at radius 2 is 2.28 bits per heavy atom. The SMILES string of the molecule is O=C1OCCc2cc(OCC3CCCO3)ccc21. The van der Waals surface area contributed by atoms with Gasteiger partial charge in [0.15, 0.2) is 0 Å². The summed E-state index contributed by atoms with van der Waals surface area (Å²) in [7, 11) is 0. The van der Waals surface area contributed by atoms with Crippen molar-refractivity contribution in [1.82, 2.24) is 0 Å². The number of carbonyl (C=O) groups excluding carboxylic acids is 1. The van der Waals surface area contributed by atoms with Crippen molar-refractivity contribution in [2.45, 2.75) is 25.4 Å². The lowest BCUT2D eigenvalue weighted by Crippen LogP contribution is -2.19. The zero-order valence-corrected chi connectivity index (χ0v) is 10.2. The fourth-order valence-corrected chi connectivity index (χ4v) is 2.36. The number of cyclic esters (lactones) is 1. The summed E-state index contributed by atoms with van der Waals surface area (Å²) in [6.07, 6.45) is 3.16. The van der Waals surface area contributed by atoms with Crippen molar-refractivity contribution in [3.63, 3.8) is 0 Å². The van der Waals surface area contributed by atoms with Crippen molar-refractivity contribution in [2.75, 3.05) is 19.8 Å². The summed E-state index contributed by atoms with van der Waals surface area (Å²) >= 11 is 0. The van der Waals surface area contributed by atoms with Gasteiger partial charge in [-0.15, -0.1) is 0 Å². The van der Waals surface area contributed by atoms with Crippen molar-refractivity contribution in [1.29, 1.82) is 0 Å². The molecule has 1 unspecified atom stereocenters. The molecule has 1 saturated heterocycles. The fourth-order valence-electron chi connectivity index (χ4n) is 2.36. The lowest BCUT2D eigenvalue weighted by Gasteiger charge is -2.17. The highest BCUT2D eigenvalue weighted by atomic mass is 16.5. The van der Waals surface area contributed by atoms with Gasteiger partial charge in [0, 0.05) is 13.0 Å². The summed E-state index contributed by atoms with van der Waals surface area (Å²) in [5.74, 6) is 0.570. The van der Waals surface area contributed by atoms with Gasteiger partial charge in [-0.25, -0.2) is 4.79 Å². The van der Waals surface area contributed by atoms with E-state index < -0.39 is 0 Å². The van der Waals surface area contributed by atoms with Gasteiger partial charge in [0.25, 0.3) is 0 Å². The summed E-state index contributed by atoms with van der Waals surface area (Å²) < 4.78 is 16.2. The zero-order chi connectivity index (χ0) is 12.4. The molecule has 1 atom stereocenters. The van der Waals surface area contributed by atoms with Crippen LogP contribution in [-0.2, 0) is 15.9 Å². The van der Waals surface area contributed by atoms with Crippen molar-refractivity contribution >= 4 is 5.97 Å². The summed E-state index contributed by atoms with van der Waals surface area (Å²) in [6.45, 7) is 1.88. The van der Waals surface area contributed by atoms with Crippen LogP contribution in [0.25, 0.3) is 0 Å². The summed E-state index contributed by atoms with van der Waals surface area (Å²) in [6, 6.07) is 5.53.